The molecule has 26 heavy (non-hydrogen) atoms. The maximum Gasteiger partial charge on any atom is 0.0448 e. The van der Waals surface area contributed by atoms with Crippen molar-refractivity contribution in [1.29, 1.82) is 0 Å². The van der Waals surface area contributed by atoms with E-state index < -0.39 is 0 Å². The van der Waals surface area contributed by atoms with Gasteiger partial charge in [0.05, 0.1) is 0 Å². The van der Waals surface area contributed by atoms with Crippen molar-refractivity contribution in [3.05, 3.63) is 0 Å². The molecule has 0 aromatic carbocycles. The van der Waals surface area contributed by atoms with E-state index in [4.69, 9.17) is 5.43 Å². The van der Waals surface area contributed by atoms with E-state index in [9.17, 15) is 0 Å². The molecule has 0 bridgehead atoms. The maximum atomic E-state index is 4.88. The Kier molecular flexibility index (Phi) is 9.67. The van der Waals surface area contributed by atoms with Crippen molar-refractivity contribution in [2.24, 2.45) is 0 Å². The molecule has 1 N–H and O–H groups in total. The van der Waals surface area contributed by atoms with E-state index in [0.717, 1.165) is 32.7 Å². The van der Waals surface area contributed by atoms with Crippen LogP contribution in [0.5, 0.6) is 0 Å². The molecule has 6 heteroatoms. The zero-order valence-electron chi connectivity index (χ0n) is 16.9. The number of likely N-dealkylation sites (tertiary alicyclic amines) is 3. The summed E-state index contributed by atoms with van der Waals surface area (Å²) in [6, 6.07) is 0. The number of nitrogens with one attached hydrogen (secondary N) is 1. The molecular weight excluding hydrogens is 324 g/mol. The van der Waals surface area contributed by atoms with Crippen LogP contribution in [0.1, 0.15) is 51.4 Å². The van der Waals surface area contributed by atoms with E-state index in [1.165, 1.54) is 97.2 Å². The molecule has 0 aromatic rings. The number of hydrogen-bond acceptors (Lipinski definition) is 5. The van der Waals surface area contributed by atoms with Crippen LogP contribution < -0.4 is 10.9 Å². The van der Waals surface area contributed by atoms with Crippen LogP contribution in [0.3, 0.4) is 0 Å². The molecule has 151 valence electrons. The predicted octanol–water partition coefficient (Wildman–Crippen LogP) is 1.38. The monoisotopic (exact) mass is 365 g/mol. The van der Waals surface area contributed by atoms with E-state index in [-0.39, 0.29) is 0 Å². The van der Waals surface area contributed by atoms with Crippen LogP contribution in [0, 0.1) is 0 Å². The highest BCUT2D eigenvalue weighted by Gasteiger charge is 2.15. The summed E-state index contributed by atoms with van der Waals surface area (Å²) in [4.78, 5) is 7.76. The minimum absolute atomic E-state index is 0.931. The Morgan fingerprint density at radius 3 is 1.85 bits per heavy atom. The fourth-order valence-electron chi connectivity index (χ4n) is 4.48. The van der Waals surface area contributed by atoms with Crippen molar-refractivity contribution in [1.82, 2.24) is 30.7 Å². The lowest BCUT2D eigenvalue weighted by atomic mass is 10.1. The summed E-state index contributed by atoms with van der Waals surface area (Å²) in [6.07, 6.45) is 10.9. The van der Waals surface area contributed by atoms with Crippen LogP contribution >= 0.6 is 0 Å². The Bertz CT molecular complexity index is 326. The quantitative estimate of drug-likeness (QED) is 0.529. The third-order valence-electron chi connectivity index (χ3n) is 6.10. The van der Waals surface area contributed by atoms with Crippen LogP contribution in [-0.4, -0.2) is 98.4 Å². The van der Waals surface area contributed by atoms with Crippen LogP contribution in [0.4, 0.5) is 0 Å². The minimum Gasteiger partial charge on any atom is -0.303 e. The van der Waals surface area contributed by atoms with Crippen molar-refractivity contribution in [2.75, 3.05) is 78.5 Å². The van der Waals surface area contributed by atoms with Crippen LogP contribution in [0.15, 0.2) is 0 Å². The minimum atomic E-state index is 0.931. The fourth-order valence-corrected chi connectivity index (χ4v) is 4.48. The summed E-state index contributed by atoms with van der Waals surface area (Å²) >= 11 is 0. The summed E-state index contributed by atoms with van der Waals surface area (Å²) in [7, 11) is 0. The molecule has 3 rings (SSSR count). The highest BCUT2D eigenvalue weighted by atomic mass is 15.7. The first kappa shape index (κ1) is 20.5. The van der Waals surface area contributed by atoms with Crippen molar-refractivity contribution in [3.63, 3.8) is 0 Å². The number of piperidine rings is 1. The summed E-state index contributed by atoms with van der Waals surface area (Å²) in [5.74, 6) is 0. The molecular formula is C20H41N6. The lowest BCUT2D eigenvalue weighted by Crippen LogP contribution is -2.49. The van der Waals surface area contributed by atoms with Crippen molar-refractivity contribution < 1.29 is 0 Å². The summed E-state index contributed by atoms with van der Waals surface area (Å²) in [6.45, 7) is 14.2. The fraction of sp³-hybridized carbons (Fsp3) is 1.00. The molecule has 3 saturated heterocycles. The van der Waals surface area contributed by atoms with Gasteiger partial charge in [0.25, 0.3) is 0 Å². The Morgan fingerprint density at radius 2 is 1.19 bits per heavy atom. The second kappa shape index (κ2) is 12.3. The van der Waals surface area contributed by atoms with Gasteiger partial charge >= 0.3 is 0 Å². The molecule has 0 spiro atoms. The smallest absolute Gasteiger partial charge is 0.0448 e. The summed E-state index contributed by atoms with van der Waals surface area (Å²) in [5, 5.41) is 2.16. The van der Waals surface area contributed by atoms with Crippen molar-refractivity contribution in [3.8, 4) is 0 Å². The molecule has 6 nitrogen and oxygen atoms in total. The first-order chi connectivity index (χ1) is 12.9. The Hall–Kier alpha value is -0.240. The highest BCUT2D eigenvalue weighted by molar-refractivity contribution is 4.69. The lowest BCUT2D eigenvalue weighted by molar-refractivity contribution is 0.0865. The van der Waals surface area contributed by atoms with Crippen molar-refractivity contribution >= 4 is 0 Å². The molecule has 0 saturated carbocycles. The van der Waals surface area contributed by atoms with E-state index in [1.54, 1.807) is 0 Å². The third-order valence-corrected chi connectivity index (χ3v) is 6.10. The van der Waals surface area contributed by atoms with E-state index in [2.05, 4.69) is 25.2 Å². The van der Waals surface area contributed by atoms with Crippen LogP contribution in [-0.2, 0) is 0 Å². The van der Waals surface area contributed by atoms with Gasteiger partial charge in [-0.25, -0.2) is 5.43 Å². The van der Waals surface area contributed by atoms with Gasteiger partial charge in [-0.1, -0.05) is 6.42 Å². The standard InChI is InChI=1S/C20H41N6/c1-2-11-24(12-3-1)19-9-21-26(18-8-17-23-13-4-5-14-23)22-10-20-25-15-6-7-16-25/h21H,1-20H2. The van der Waals surface area contributed by atoms with Gasteiger partial charge in [-0.2, -0.15) is 5.12 Å². The molecule has 1 radical (unpaired) electrons. The summed E-state index contributed by atoms with van der Waals surface area (Å²) in [5.41, 5.74) is 8.48. The first-order valence-electron chi connectivity index (χ1n) is 11.3. The molecule has 3 aliphatic rings. The molecule has 3 aliphatic heterocycles. The van der Waals surface area contributed by atoms with E-state index in [1.807, 2.05) is 0 Å². The van der Waals surface area contributed by atoms with Gasteiger partial charge in [-0.3, -0.25) is 0 Å². The zero-order chi connectivity index (χ0) is 17.9. The zero-order valence-corrected chi connectivity index (χ0v) is 16.9. The molecule has 0 atom stereocenters. The topological polar surface area (TPSA) is 39.1 Å². The van der Waals surface area contributed by atoms with Crippen molar-refractivity contribution in [2.45, 2.75) is 51.4 Å². The number of nitrogens with zero attached hydrogens (tertiary/aromatic N) is 5. The summed E-state index contributed by atoms with van der Waals surface area (Å²) < 4.78 is 0. The first-order valence-corrected chi connectivity index (χ1v) is 11.3. The normalized spacial score (nSPS) is 23.4. The number of hydrazine groups is 1. The van der Waals surface area contributed by atoms with Crippen LogP contribution in [0.2, 0.25) is 0 Å². The number of hydrogen-bond donors (Lipinski definition) is 1. The molecule has 0 unspecified atom stereocenters. The average Bonchev–Trinajstić information content (AvgIpc) is 3.36. The Balaban J connectivity index is 1.31. The third kappa shape index (κ3) is 7.79. The van der Waals surface area contributed by atoms with E-state index in [0.29, 0.717) is 0 Å². The highest BCUT2D eigenvalue weighted by Crippen LogP contribution is 2.09. The second-order valence-electron chi connectivity index (χ2n) is 8.25. The van der Waals surface area contributed by atoms with E-state index >= 15 is 0 Å². The predicted molar refractivity (Wildman–Crippen MR) is 108 cm³/mol. The molecule has 0 aliphatic carbocycles. The van der Waals surface area contributed by atoms with Gasteiger partial charge in [0.2, 0.25) is 0 Å². The molecule has 0 amide bonds. The Morgan fingerprint density at radius 1 is 0.654 bits per heavy atom. The molecule has 3 heterocycles. The Labute approximate surface area is 161 Å². The van der Waals surface area contributed by atoms with Gasteiger partial charge in [0.15, 0.2) is 0 Å². The lowest BCUT2D eigenvalue weighted by Gasteiger charge is -2.29. The van der Waals surface area contributed by atoms with Crippen LogP contribution in [0.25, 0.3) is 0 Å². The second-order valence-corrected chi connectivity index (χ2v) is 8.25. The SMILES string of the molecule is C1CCN(CCNN(CCCN2CCCC2)[N]CCN2CCCC2)CC1. The average molecular weight is 366 g/mol. The largest absolute Gasteiger partial charge is 0.303 e. The number of rotatable bonds is 12. The van der Waals surface area contributed by atoms with Gasteiger partial charge < -0.3 is 14.7 Å². The molecule has 3 fully saturated rings. The van der Waals surface area contributed by atoms with Gasteiger partial charge in [-0.05, 0) is 90.8 Å². The van der Waals surface area contributed by atoms with Gasteiger partial charge in [0, 0.05) is 32.7 Å². The maximum absolute atomic E-state index is 4.88. The van der Waals surface area contributed by atoms with Gasteiger partial charge in [0.1, 0.15) is 0 Å². The molecule has 0 aromatic heterocycles. The van der Waals surface area contributed by atoms with Gasteiger partial charge in [-0.15, -0.1) is 5.43 Å².